The molecule has 6 nitrogen and oxygen atoms in total. The quantitative estimate of drug-likeness (QED) is 0.740. The van der Waals surface area contributed by atoms with Crippen molar-refractivity contribution in [1.82, 2.24) is 4.90 Å². The molecule has 3 aliphatic rings. The Morgan fingerprint density at radius 1 is 1.36 bits per heavy atom. The van der Waals surface area contributed by atoms with E-state index in [1.54, 1.807) is 6.07 Å². The molecule has 1 saturated heterocycles. The van der Waals surface area contributed by atoms with E-state index >= 15 is 0 Å². The Morgan fingerprint density at radius 2 is 2.14 bits per heavy atom. The Balaban J connectivity index is 1.82. The van der Waals surface area contributed by atoms with Crippen LogP contribution in [0, 0.1) is 5.92 Å². The van der Waals surface area contributed by atoms with Gasteiger partial charge in [-0.15, -0.1) is 11.3 Å². The normalized spacial score (nSPS) is 27.5. The minimum atomic E-state index is -0.447. The van der Waals surface area contributed by atoms with Gasteiger partial charge >= 0.3 is 12.1 Å². The van der Waals surface area contributed by atoms with Gasteiger partial charge in [-0.3, -0.25) is 9.69 Å². The summed E-state index contributed by atoms with van der Waals surface area (Å²) in [5, 5.41) is 0. The van der Waals surface area contributed by atoms with Crippen molar-refractivity contribution in [2.24, 2.45) is 5.92 Å². The van der Waals surface area contributed by atoms with Crippen LogP contribution in [0.3, 0.4) is 0 Å². The van der Waals surface area contributed by atoms with Gasteiger partial charge < -0.3 is 9.47 Å². The molecular formula is C15H13NO5S. The molecule has 0 N–H and O–H groups in total. The zero-order valence-electron chi connectivity index (χ0n) is 12.0. The van der Waals surface area contributed by atoms with E-state index in [-0.39, 0.29) is 17.1 Å². The number of nitrogens with zero attached hydrogens (tertiary/aromatic N) is 1. The lowest BCUT2D eigenvalue weighted by Crippen LogP contribution is -2.33. The summed E-state index contributed by atoms with van der Waals surface area (Å²) in [6.07, 6.45) is 1.96. The Labute approximate surface area is 130 Å². The molecule has 1 aliphatic heterocycles. The second-order valence-corrected chi connectivity index (χ2v) is 6.74. The van der Waals surface area contributed by atoms with Crippen LogP contribution in [0.2, 0.25) is 0 Å². The number of esters is 1. The van der Waals surface area contributed by atoms with Crippen LogP contribution < -0.4 is 0 Å². The molecule has 1 amide bonds. The van der Waals surface area contributed by atoms with Gasteiger partial charge in [0, 0.05) is 23.7 Å². The number of fused-ring (bicyclic) bond motifs is 1. The number of ether oxygens (including phenoxy) is 2. The molecule has 22 heavy (non-hydrogen) atoms. The van der Waals surface area contributed by atoms with Crippen molar-refractivity contribution < 1.29 is 23.9 Å². The molecule has 0 aromatic carbocycles. The van der Waals surface area contributed by atoms with E-state index in [0.717, 1.165) is 23.3 Å². The number of likely N-dealkylation sites (tertiary alicyclic amines) is 1. The number of hydrogen-bond acceptors (Lipinski definition) is 6. The highest BCUT2D eigenvalue weighted by Crippen LogP contribution is 2.67. The predicted molar refractivity (Wildman–Crippen MR) is 77.0 cm³/mol. The Morgan fingerprint density at radius 3 is 2.82 bits per heavy atom. The molecule has 2 heterocycles. The maximum atomic E-state index is 12.4. The fraction of sp³-hybridized carbons (Fsp3) is 0.400. The number of thiophene rings is 1. The van der Waals surface area contributed by atoms with Crippen LogP contribution in [-0.2, 0) is 14.9 Å². The topological polar surface area (TPSA) is 72.9 Å². The van der Waals surface area contributed by atoms with Crippen molar-refractivity contribution in [3.8, 4) is 0 Å². The smallest absolute Gasteiger partial charge is 0.413 e. The minimum absolute atomic E-state index is 0.169. The maximum Gasteiger partial charge on any atom is 0.413 e. The lowest BCUT2D eigenvalue weighted by molar-refractivity contribution is 0.0606. The number of hydrogen-bond donors (Lipinski definition) is 0. The van der Waals surface area contributed by atoms with E-state index in [9.17, 15) is 14.4 Å². The summed E-state index contributed by atoms with van der Waals surface area (Å²) < 4.78 is 9.54. The standard InChI is InChI=1S/C15H13NO5S/c1-20-13(18)10-3-8-12(22-10)9(17)4-11-15(8)5-7(15)6-16(11)14(19)21-2/h3-4,7H,5-6H2,1-2H3. The van der Waals surface area contributed by atoms with E-state index in [0.29, 0.717) is 22.0 Å². The highest BCUT2D eigenvalue weighted by molar-refractivity contribution is 7.16. The molecule has 114 valence electrons. The SMILES string of the molecule is COC(=O)c1cc2c(s1)C(=O)C=C1N(C(=O)OC)CC3CC123. The lowest BCUT2D eigenvalue weighted by Gasteiger charge is -2.26. The summed E-state index contributed by atoms with van der Waals surface area (Å²) in [6, 6.07) is 1.75. The van der Waals surface area contributed by atoms with Crippen molar-refractivity contribution in [3.63, 3.8) is 0 Å². The lowest BCUT2D eigenvalue weighted by atomic mass is 9.86. The predicted octanol–water partition coefficient (Wildman–Crippen LogP) is 1.95. The zero-order chi connectivity index (χ0) is 15.6. The first-order chi connectivity index (χ1) is 10.5. The number of ketones is 1. The second-order valence-electron chi connectivity index (χ2n) is 5.69. The summed E-state index contributed by atoms with van der Waals surface area (Å²) in [5.41, 5.74) is 1.26. The van der Waals surface area contributed by atoms with Crippen molar-refractivity contribution >= 4 is 29.2 Å². The fourth-order valence-electron chi connectivity index (χ4n) is 3.68. The average molecular weight is 319 g/mol. The van der Waals surface area contributed by atoms with Gasteiger partial charge in [0.1, 0.15) is 4.88 Å². The van der Waals surface area contributed by atoms with E-state index < -0.39 is 12.1 Å². The van der Waals surface area contributed by atoms with E-state index in [1.807, 2.05) is 0 Å². The summed E-state index contributed by atoms with van der Waals surface area (Å²) in [4.78, 5) is 38.5. The molecule has 1 saturated carbocycles. The molecule has 1 spiro atoms. The molecule has 2 aliphatic carbocycles. The molecule has 2 atom stereocenters. The minimum Gasteiger partial charge on any atom is -0.465 e. The molecule has 2 unspecified atom stereocenters. The molecule has 1 aromatic rings. The van der Waals surface area contributed by atoms with E-state index in [1.165, 1.54) is 25.2 Å². The van der Waals surface area contributed by atoms with Gasteiger partial charge in [0.15, 0.2) is 5.78 Å². The van der Waals surface area contributed by atoms with Crippen LogP contribution >= 0.6 is 11.3 Å². The van der Waals surface area contributed by atoms with E-state index in [2.05, 4.69) is 0 Å². The third kappa shape index (κ3) is 1.46. The largest absolute Gasteiger partial charge is 0.465 e. The second kappa shape index (κ2) is 4.19. The Hall–Kier alpha value is -2.15. The first-order valence-electron chi connectivity index (χ1n) is 6.87. The fourth-order valence-corrected chi connectivity index (χ4v) is 4.75. The number of carbonyl (C=O) groups excluding carboxylic acids is 3. The molecule has 1 aromatic heterocycles. The van der Waals surface area contributed by atoms with Gasteiger partial charge in [-0.1, -0.05) is 0 Å². The maximum absolute atomic E-state index is 12.4. The first kappa shape index (κ1) is 13.5. The number of carbonyl (C=O) groups is 3. The molecule has 7 heteroatoms. The van der Waals surface area contributed by atoms with Gasteiger partial charge in [-0.25, -0.2) is 9.59 Å². The van der Waals surface area contributed by atoms with Crippen LogP contribution in [0.5, 0.6) is 0 Å². The summed E-state index contributed by atoms with van der Waals surface area (Å²) in [6.45, 7) is 0.550. The van der Waals surface area contributed by atoms with Crippen LogP contribution in [-0.4, -0.2) is 43.5 Å². The van der Waals surface area contributed by atoms with Gasteiger partial charge in [-0.2, -0.15) is 0 Å². The number of methoxy groups -OCH3 is 2. The first-order valence-corrected chi connectivity index (χ1v) is 7.69. The molecule has 2 fully saturated rings. The third-order valence-corrected chi connectivity index (χ3v) is 5.87. The van der Waals surface area contributed by atoms with Crippen LogP contribution in [0.4, 0.5) is 4.79 Å². The van der Waals surface area contributed by atoms with Crippen LogP contribution in [0.25, 0.3) is 0 Å². The van der Waals surface area contributed by atoms with Crippen LogP contribution in [0.1, 0.15) is 31.3 Å². The number of allylic oxidation sites excluding steroid dienone is 2. The highest BCUT2D eigenvalue weighted by atomic mass is 32.1. The summed E-state index contributed by atoms with van der Waals surface area (Å²) >= 11 is 1.16. The summed E-state index contributed by atoms with van der Waals surface area (Å²) in [7, 11) is 2.65. The third-order valence-electron chi connectivity index (χ3n) is 4.74. The monoisotopic (exact) mass is 319 g/mol. The van der Waals surface area contributed by atoms with Gasteiger partial charge in [0.25, 0.3) is 0 Å². The number of piperidine rings is 1. The van der Waals surface area contributed by atoms with Crippen LogP contribution in [0.15, 0.2) is 17.8 Å². The Kier molecular flexibility index (Phi) is 2.57. The zero-order valence-corrected chi connectivity index (χ0v) is 12.9. The van der Waals surface area contributed by atoms with Crippen molar-refractivity contribution in [2.75, 3.05) is 20.8 Å². The van der Waals surface area contributed by atoms with Crippen molar-refractivity contribution in [1.29, 1.82) is 0 Å². The van der Waals surface area contributed by atoms with E-state index in [4.69, 9.17) is 9.47 Å². The van der Waals surface area contributed by atoms with Gasteiger partial charge in [0.2, 0.25) is 0 Å². The van der Waals surface area contributed by atoms with Gasteiger partial charge in [0.05, 0.1) is 19.1 Å². The highest BCUT2D eigenvalue weighted by Gasteiger charge is 2.68. The average Bonchev–Trinajstić information content (AvgIpc) is 2.91. The van der Waals surface area contributed by atoms with Crippen molar-refractivity contribution in [2.45, 2.75) is 11.8 Å². The van der Waals surface area contributed by atoms with Gasteiger partial charge in [-0.05, 0) is 24.0 Å². The molecule has 0 radical (unpaired) electrons. The Bertz CT molecular complexity index is 764. The molecule has 4 rings (SSSR count). The van der Waals surface area contributed by atoms with Crippen molar-refractivity contribution in [3.05, 3.63) is 33.2 Å². The molecule has 0 bridgehead atoms. The number of amides is 1. The molecular weight excluding hydrogens is 306 g/mol. The number of rotatable bonds is 1. The summed E-state index contributed by atoms with van der Waals surface area (Å²) in [5.74, 6) is -0.327.